The third-order valence-electron chi connectivity index (χ3n) is 3.18. The molecule has 12 heteroatoms. The monoisotopic (exact) mass is 380 g/mol. The molecular weight excluding hydrogens is 368 g/mol. The second kappa shape index (κ2) is 7.92. The van der Waals surface area contributed by atoms with Crippen LogP contribution in [0, 0.1) is 5.82 Å². The van der Waals surface area contributed by atoms with Gasteiger partial charge >= 0.3 is 5.69 Å². The van der Waals surface area contributed by atoms with Gasteiger partial charge in [0.15, 0.2) is 5.82 Å². The maximum Gasteiger partial charge on any atom is 0.368 e. The number of nitrogens with one attached hydrogen (secondary N) is 1. The van der Waals surface area contributed by atoms with Crippen LogP contribution < -0.4 is 10.4 Å². The summed E-state index contributed by atoms with van der Waals surface area (Å²) in [4.78, 5) is 12.1. The Kier molecular flexibility index (Phi) is 6.15. The van der Waals surface area contributed by atoms with E-state index in [0.29, 0.717) is 4.68 Å². The molecule has 0 radical (unpaired) electrons. The van der Waals surface area contributed by atoms with Crippen molar-refractivity contribution in [2.45, 2.75) is 25.9 Å². The van der Waals surface area contributed by atoms with E-state index >= 15 is 0 Å². The molecule has 132 valence electrons. The average molecular weight is 381 g/mol. The Bertz CT molecular complexity index is 812. The van der Waals surface area contributed by atoms with Gasteiger partial charge in [0.1, 0.15) is 5.69 Å². The van der Waals surface area contributed by atoms with E-state index < -0.39 is 35.5 Å². The summed E-state index contributed by atoms with van der Waals surface area (Å²) in [5, 5.41) is 7.10. The predicted molar refractivity (Wildman–Crippen MR) is 81.6 cm³/mol. The van der Waals surface area contributed by atoms with Gasteiger partial charge in [-0.15, -0.1) is 0 Å². The van der Waals surface area contributed by atoms with Gasteiger partial charge in [0, 0.05) is 22.3 Å². The van der Waals surface area contributed by atoms with Crippen LogP contribution in [0.25, 0.3) is 5.69 Å². The van der Waals surface area contributed by atoms with Crippen molar-refractivity contribution in [3.63, 3.8) is 0 Å². The summed E-state index contributed by atoms with van der Waals surface area (Å²) in [6.45, 7) is 0.873. The van der Waals surface area contributed by atoms with E-state index in [1.807, 2.05) is 0 Å². The largest absolute Gasteiger partial charge is 0.760 e. The molecule has 0 aliphatic rings. The van der Waals surface area contributed by atoms with Crippen LogP contribution in [0.15, 0.2) is 16.9 Å². The lowest BCUT2D eigenvalue weighted by atomic mass is 10.1. The summed E-state index contributed by atoms with van der Waals surface area (Å²) in [5.41, 5.74) is -0.734. The van der Waals surface area contributed by atoms with Gasteiger partial charge in [-0.2, -0.15) is 9.36 Å². The molecule has 0 amide bonds. The first-order valence-electron chi connectivity index (χ1n) is 6.78. The molecule has 0 fully saturated rings. The highest BCUT2D eigenvalue weighted by Gasteiger charge is 2.18. The number of aromatic nitrogens is 4. The fourth-order valence-corrected chi connectivity index (χ4v) is 2.76. The highest BCUT2D eigenvalue weighted by molar-refractivity contribution is 7.77. The zero-order chi connectivity index (χ0) is 17.9. The number of hydrogen-bond acceptors (Lipinski definition) is 5. The second-order valence-electron chi connectivity index (χ2n) is 4.84. The van der Waals surface area contributed by atoms with Gasteiger partial charge in [0.25, 0.3) is 0 Å². The summed E-state index contributed by atoms with van der Waals surface area (Å²) >= 11 is 3.38. The lowest BCUT2D eigenvalue weighted by Crippen LogP contribution is -2.26. The number of alkyl halides is 1. The quantitative estimate of drug-likeness (QED) is 0.722. The van der Waals surface area contributed by atoms with Gasteiger partial charge in [-0.25, -0.2) is 13.9 Å². The van der Waals surface area contributed by atoms with Crippen LogP contribution in [0.2, 0.25) is 5.02 Å². The van der Waals surface area contributed by atoms with Gasteiger partial charge in [0.05, 0.1) is 13.2 Å². The number of tetrazole rings is 1. The van der Waals surface area contributed by atoms with Crippen molar-refractivity contribution >= 4 is 22.9 Å². The number of rotatable bonds is 7. The first-order valence-corrected chi connectivity index (χ1v) is 8.24. The van der Waals surface area contributed by atoms with E-state index in [1.165, 1.54) is 13.0 Å². The van der Waals surface area contributed by atoms with E-state index in [9.17, 15) is 22.3 Å². The molecule has 1 aromatic carbocycles. The molecule has 2 rings (SSSR count). The van der Waals surface area contributed by atoms with Crippen LogP contribution >= 0.6 is 11.6 Å². The minimum atomic E-state index is -2.55. The number of nitrogens with zero attached hydrogens (tertiary/aromatic N) is 4. The molecule has 24 heavy (non-hydrogen) atoms. The topological polar surface area (TPSA) is 105 Å². The van der Waals surface area contributed by atoms with Crippen LogP contribution in [0.1, 0.15) is 24.9 Å². The van der Waals surface area contributed by atoms with Crippen molar-refractivity contribution in [3.05, 3.63) is 39.0 Å². The van der Waals surface area contributed by atoms with Crippen molar-refractivity contribution in [2.24, 2.45) is 0 Å². The molecular formula is C12H13ClF2N5O3S-. The van der Waals surface area contributed by atoms with Gasteiger partial charge in [-0.1, -0.05) is 11.6 Å². The summed E-state index contributed by atoms with van der Waals surface area (Å²) in [5.74, 6) is -0.834. The zero-order valence-corrected chi connectivity index (χ0v) is 14.0. The SMILES string of the molecule is CC(NS(=O)[O-])c1cc(-n2nnn(CCCF)c2=O)c(F)cc1Cl. The molecule has 0 aliphatic heterocycles. The Balaban J connectivity index is 2.46. The molecule has 1 N–H and O–H groups in total. The van der Waals surface area contributed by atoms with Gasteiger partial charge in [-0.05, 0) is 41.5 Å². The van der Waals surface area contributed by atoms with E-state index in [4.69, 9.17) is 11.6 Å². The molecule has 0 spiro atoms. The van der Waals surface area contributed by atoms with Crippen molar-refractivity contribution in [1.29, 1.82) is 0 Å². The van der Waals surface area contributed by atoms with Crippen LogP contribution in [0.4, 0.5) is 8.78 Å². The van der Waals surface area contributed by atoms with E-state index in [2.05, 4.69) is 15.1 Å². The summed E-state index contributed by atoms with van der Waals surface area (Å²) in [7, 11) is 0. The fourth-order valence-electron chi connectivity index (χ4n) is 2.03. The summed E-state index contributed by atoms with van der Waals surface area (Å²) in [6, 6.07) is 1.40. The van der Waals surface area contributed by atoms with Crippen molar-refractivity contribution in [3.8, 4) is 5.69 Å². The van der Waals surface area contributed by atoms with Crippen LogP contribution in [-0.2, 0) is 17.8 Å². The number of aryl methyl sites for hydroxylation is 1. The lowest BCUT2D eigenvalue weighted by Gasteiger charge is -2.18. The first kappa shape index (κ1) is 18.6. The molecule has 8 nitrogen and oxygen atoms in total. The Morgan fingerprint density at radius 1 is 1.46 bits per heavy atom. The van der Waals surface area contributed by atoms with Gasteiger partial charge < -0.3 is 4.55 Å². The molecule has 0 saturated heterocycles. The average Bonchev–Trinajstić information content (AvgIpc) is 2.85. The fraction of sp³-hybridized carbons (Fsp3) is 0.417. The molecule has 0 saturated carbocycles. The Morgan fingerprint density at radius 3 is 2.79 bits per heavy atom. The zero-order valence-electron chi connectivity index (χ0n) is 12.4. The summed E-state index contributed by atoms with van der Waals surface area (Å²) < 4.78 is 51.6. The maximum atomic E-state index is 14.2. The molecule has 2 atom stereocenters. The molecule has 1 heterocycles. The van der Waals surface area contributed by atoms with Crippen LogP contribution in [0.5, 0.6) is 0 Å². The van der Waals surface area contributed by atoms with E-state index in [-0.39, 0.29) is 29.2 Å². The highest BCUT2D eigenvalue weighted by Crippen LogP contribution is 2.27. The number of halogens is 3. The number of benzene rings is 1. The molecule has 2 aromatic rings. The third kappa shape index (κ3) is 4.04. The summed E-state index contributed by atoms with van der Waals surface area (Å²) in [6.07, 6.45) is 0.0726. The highest BCUT2D eigenvalue weighted by atomic mass is 35.5. The Morgan fingerprint density at radius 2 is 2.17 bits per heavy atom. The van der Waals surface area contributed by atoms with Gasteiger partial charge in [0.2, 0.25) is 0 Å². The molecule has 2 unspecified atom stereocenters. The van der Waals surface area contributed by atoms with Gasteiger partial charge in [-0.3, -0.25) is 8.60 Å². The second-order valence-corrected chi connectivity index (χ2v) is 5.95. The first-order chi connectivity index (χ1) is 11.3. The van der Waals surface area contributed by atoms with Crippen molar-refractivity contribution in [1.82, 2.24) is 24.5 Å². The minimum absolute atomic E-state index is 0.00449. The predicted octanol–water partition coefficient (Wildman–Crippen LogP) is 1.03. The molecule has 0 bridgehead atoms. The Labute approximate surface area is 142 Å². The van der Waals surface area contributed by atoms with Crippen LogP contribution in [-0.4, -0.2) is 35.2 Å². The molecule has 0 aliphatic carbocycles. The lowest BCUT2D eigenvalue weighted by molar-refractivity contribution is 0.427. The minimum Gasteiger partial charge on any atom is -0.760 e. The van der Waals surface area contributed by atoms with Crippen LogP contribution in [0.3, 0.4) is 0 Å². The third-order valence-corrected chi connectivity index (χ3v) is 4.05. The smallest absolute Gasteiger partial charge is 0.368 e. The normalized spacial score (nSPS) is 13.9. The Hall–Kier alpha value is -1.69. The van der Waals surface area contributed by atoms with Crippen molar-refractivity contribution < 1.29 is 17.5 Å². The van der Waals surface area contributed by atoms with Crippen molar-refractivity contribution in [2.75, 3.05) is 6.67 Å². The maximum absolute atomic E-state index is 14.2. The standard InChI is InChI=1S/C12H14ClF2N5O3S/c1-7(16-24(22)23)8-5-11(10(15)6-9(8)13)20-12(21)19(17-18-20)4-2-3-14/h5-7,16H,2-4H2,1H3,(H,22,23)/p-1. The molecule has 1 aromatic heterocycles. The van der Waals surface area contributed by atoms with E-state index in [1.54, 1.807) is 0 Å². The number of hydrogen-bond donors (Lipinski definition) is 1. The van der Waals surface area contributed by atoms with E-state index in [0.717, 1.165) is 10.7 Å².